The van der Waals surface area contributed by atoms with Gasteiger partial charge in [-0.25, -0.2) is 0 Å². The highest BCUT2D eigenvalue weighted by molar-refractivity contribution is 6.09. The Kier molecular flexibility index (Phi) is 5.29. The number of nitrogens with zero attached hydrogens (tertiary/aromatic N) is 1. The number of carbonyl (C=O) groups is 2. The van der Waals surface area contributed by atoms with Crippen LogP contribution < -0.4 is 15.5 Å². The van der Waals surface area contributed by atoms with Gasteiger partial charge in [-0.2, -0.15) is 0 Å². The highest BCUT2D eigenvalue weighted by atomic mass is 16.2. The van der Waals surface area contributed by atoms with Gasteiger partial charge >= 0.3 is 0 Å². The van der Waals surface area contributed by atoms with Gasteiger partial charge in [-0.3, -0.25) is 9.59 Å². The predicted octanol–water partition coefficient (Wildman–Crippen LogP) is 2.78. The molecule has 0 bridgehead atoms. The fourth-order valence-electron chi connectivity index (χ4n) is 2.56. The molecule has 0 aliphatic carbocycles. The van der Waals surface area contributed by atoms with Gasteiger partial charge in [-0.15, -0.1) is 0 Å². The van der Waals surface area contributed by atoms with E-state index in [9.17, 15) is 9.59 Å². The van der Waals surface area contributed by atoms with E-state index in [2.05, 4.69) is 15.5 Å². The van der Waals surface area contributed by atoms with Crippen molar-refractivity contribution >= 4 is 23.2 Å². The summed E-state index contributed by atoms with van der Waals surface area (Å²) in [5.41, 5.74) is 0.776. The van der Waals surface area contributed by atoms with Crippen LogP contribution in [-0.2, 0) is 9.59 Å². The first-order chi connectivity index (χ1) is 10.8. The lowest BCUT2D eigenvalue weighted by Crippen LogP contribution is -2.47. The first-order valence-electron chi connectivity index (χ1n) is 8.28. The second-order valence-corrected chi connectivity index (χ2v) is 6.95. The molecule has 5 nitrogen and oxygen atoms in total. The minimum Gasteiger partial charge on any atom is -0.372 e. The smallest absolute Gasteiger partial charge is 0.239 e. The van der Waals surface area contributed by atoms with Gasteiger partial charge in [0.25, 0.3) is 0 Å². The Balaban J connectivity index is 2.00. The third-order valence-corrected chi connectivity index (χ3v) is 4.15. The van der Waals surface area contributed by atoms with Crippen molar-refractivity contribution in [2.45, 2.75) is 46.6 Å². The van der Waals surface area contributed by atoms with E-state index in [4.69, 9.17) is 0 Å². The van der Waals surface area contributed by atoms with Gasteiger partial charge in [0.05, 0.1) is 0 Å². The fourth-order valence-corrected chi connectivity index (χ4v) is 2.56. The maximum Gasteiger partial charge on any atom is 0.239 e. The molecule has 0 spiro atoms. The van der Waals surface area contributed by atoms with Crippen molar-refractivity contribution in [2.24, 2.45) is 5.41 Å². The summed E-state index contributed by atoms with van der Waals surface area (Å²) < 4.78 is 0. The number of rotatable bonds is 5. The molecule has 0 unspecified atom stereocenters. The number of amides is 2. The second kappa shape index (κ2) is 7.02. The van der Waals surface area contributed by atoms with Crippen LogP contribution in [0, 0.1) is 5.41 Å². The molecule has 0 atom stereocenters. The minimum absolute atomic E-state index is 0.00863. The van der Waals surface area contributed by atoms with Gasteiger partial charge in [0.1, 0.15) is 5.41 Å². The summed E-state index contributed by atoms with van der Waals surface area (Å²) in [5, 5.41) is 5.63. The lowest BCUT2D eigenvalue weighted by atomic mass is 9.90. The van der Waals surface area contributed by atoms with Crippen molar-refractivity contribution in [2.75, 3.05) is 23.3 Å². The summed E-state index contributed by atoms with van der Waals surface area (Å²) in [5.74, 6) is -0.566. The fraction of sp³-hybridized carbons (Fsp3) is 0.556. The molecule has 1 heterocycles. The Morgan fingerprint density at radius 3 is 2.13 bits per heavy atom. The molecule has 2 rings (SSSR count). The van der Waals surface area contributed by atoms with E-state index in [1.807, 2.05) is 38.1 Å². The molecule has 0 aromatic heterocycles. The van der Waals surface area contributed by atoms with Crippen molar-refractivity contribution in [3.8, 4) is 0 Å². The molecule has 0 radical (unpaired) electrons. The zero-order valence-electron chi connectivity index (χ0n) is 14.5. The molecule has 1 aliphatic heterocycles. The van der Waals surface area contributed by atoms with Gasteiger partial charge < -0.3 is 15.5 Å². The van der Waals surface area contributed by atoms with Crippen LogP contribution in [0.2, 0.25) is 0 Å². The van der Waals surface area contributed by atoms with E-state index in [0.29, 0.717) is 5.69 Å². The van der Waals surface area contributed by atoms with Gasteiger partial charge in [-0.1, -0.05) is 0 Å². The Morgan fingerprint density at radius 2 is 1.61 bits per heavy atom. The van der Waals surface area contributed by atoms with Crippen LogP contribution >= 0.6 is 0 Å². The van der Waals surface area contributed by atoms with Crippen LogP contribution in [0.25, 0.3) is 0 Å². The molecule has 0 saturated carbocycles. The SMILES string of the molecule is CC(C)NC(=O)C(C)(C)C(=O)Nc1ccc(N2CCCC2)cc1. The van der Waals surface area contributed by atoms with Gasteiger partial charge in [0.2, 0.25) is 11.8 Å². The van der Waals surface area contributed by atoms with E-state index in [-0.39, 0.29) is 17.9 Å². The maximum atomic E-state index is 12.4. The second-order valence-electron chi connectivity index (χ2n) is 6.95. The Labute approximate surface area is 138 Å². The molecule has 1 fully saturated rings. The lowest BCUT2D eigenvalue weighted by Gasteiger charge is -2.24. The Hall–Kier alpha value is -2.04. The topological polar surface area (TPSA) is 61.4 Å². The number of carbonyl (C=O) groups excluding carboxylic acids is 2. The molecule has 5 heteroatoms. The van der Waals surface area contributed by atoms with Gasteiger partial charge in [-0.05, 0) is 64.8 Å². The molecule has 23 heavy (non-hydrogen) atoms. The van der Waals surface area contributed by atoms with E-state index in [0.717, 1.165) is 13.1 Å². The predicted molar refractivity (Wildman–Crippen MR) is 93.6 cm³/mol. The first kappa shape index (κ1) is 17.3. The molecule has 2 N–H and O–H groups in total. The summed E-state index contributed by atoms with van der Waals surface area (Å²) in [6.07, 6.45) is 2.47. The number of hydrogen-bond donors (Lipinski definition) is 2. The minimum atomic E-state index is -1.11. The van der Waals surface area contributed by atoms with Gasteiger partial charge in [0.15, 0.2) is 0 Å². The maximum absolute atomic E-state index is 12.4. The van der Waals surface area contributed by atoms with E-state index >= 15 is 0 Å². The molecule has 1 aromatic carbocycles. The summed E-state index contributed by atoms with van der Waals surface area (Å²) in [6, 6.07) is 7.82. The summed E-state index contributed by atoms with van der Waals surface area (Å²) in [6.45, 7) is 9.21. The van der Waals surface area contributed by atoms with Gasteiger partial charge in [0, 0.05) is 30.5 Å². The average molecular weight is 317 g/mol. The standard InChI is InChI=1S/C18H27N3O2/c1-13(2)19-16(22)18(3,4)17(23)20-14-7-9-15(10-8-14)21-11-5-6-12-21/h7-10,13H,5-6,11-12H2,1-4H3,(H,19,22)(H,20,23). The average Bonchev–Trinajstić information content (AvgIpc) is 3.01. The summed E-state index contributed by atoms with van der Waals surface area (Å²) in [7, 11) is 0. The van der Waals surface area contributed by atoms with Crippen LogP contribution in [0.1, 0.15) is 40.5 Å². The molecule has 126 valence electrons. The molecule has 1 saturated heterocycles. The summed E-state index contributed by atoms with van der Waals surface area (Å²) in [4.78, 5) is 26.9. The van der Waals surface area contributed by atoms with Crippen molar-refractivity contribution in [1.82, 2.24) is 5.32 Å². The van der Waals surface area contributed by atoms with E-state index in [1.54, 1.807) is 13.8 Å². The third kappa shape index (κ3) is 4.24. The Morgan fingerprint density at radius 1 is 1.04 bits per heavy atom. The van der Waals surface area contributed by atoms with Crippen LogP contribution in [0.4, 0.5) is 11.4 Å². The first-order valence-corrected chi connectivity index (χ1v) is 8.28. The molecular weight excluding hydrogens is 290 g/mol. The largest absolute Gasteiger partial charge is 0.372 e. The number of hydrogen-bond acceptors (Lipinski definition) is 3. The van der Waals surface area contributed by atoms with Crippen molar-refractivity contribution < 1.29 is 9.59 Å². The molecule has 2 amide bonds. The zero-order chi connectivity index (χ0) is 17.0. The van der Waals surface area contributed by atoms with Crippen molar-refractivity contribution in [3.63, 3.8) is 0 Å². The highest BCUT2D eigenvalue weighted by Gasteiger charge is 2.36. The number of benzene rings is 1. The molecular formula is C18H27N3O2. The van der Waals surface area contributed by atoms with Crippen LogP contribution in [-0.4, -0.2) is 30.9 Å². The highest BCUT2D eigenvalue weighted by Crippen LogP contribution is 2.24. The van der Waals surface area contributed by atoms with Crippen molar-refractivity contribution in [3.05, 3.63) is 24.3 Å². The van der Waals surface area contributed by atoms with E-state index < -0.39 is 5.41 Å². The van der Waals surface area contributed by atoms with Crippen LogP contribution in [0.3, 0.4) is 0 Å². The molecule has 1 aromatic rings. The summed E-state index contributed by atoms with van der Waals surface area (Å²) >= 11 is 0. The number of anilines is 2. The van der Waals surface area contributed by atoms with E-state index in [1.165, 1.54) is 18.5 Å². The number of nitrogens with one attached hydrogen (secondary N) is 2. The third-order valence-electron chi connectivity index (χ3n) is 4.15. The molecule has 1 aliphatic rings. The zero-order valence-corrected chi connectivity index (χ0v) is 14.5. The monoisotopic (exact) mass is 317 g/mol. The lowest BCUT2D eigenvalue weighted by molar-refractivity contribution is -0.138. The Bertz CT molecular complexity index is 558. The van der Waals surface area contributed by atoms with Crippen LogP contribution in [0.5, 0.6) is 0 Å². The van der Waals surface area contributed by atoms with Crippen molar-refractivity contribution in [1.29, 1.82) is 0 Å². The van der Waals surface area contributed by atoms with Crippen LogP contribution in [0.15, 0.2) is 24.3 Å². The quantitative estimate of drug-likeness (QED) is 0.821. The normalized spacial score (nSPS) is 14.9.